The quantitative estimate of drug-likeness (QED) is 0.274. The molecule has 0 aliphatic carbocycles. The molecular weight excluding hydrogens is 527 g/mol. The standard InChI is InChI=1S/C29H33FN8O3/c1-3-25(39)37-10-7-19(8-11-37)27(31)26-28(32)34-17-35-29(26)36-23-5-4-20(14-22(23)30)41-21-6-9-33-24(15-21)38-12-13-40-18(2)16-38/h3-6,9,14-15,17-19,31H,1,7-8,10-13,16H2,2H3,(H3,32,34,35,36). The van der Waals surface area contributed by atoms with Crippen LogP contribution in [-0.4, -0.2) is 70.4 Å². The van der Waals surface area contributed by atoms with Crippen LogP contribution in [0.4, 0.5) is 27.5 Å². The van der Waals surface area contributed by atoms with Gasteiger partial charge in [-0.1, -0.05) is 6.58 Å². The summed E-state index contributed by atoms with van der Waals surface area (Å²) >= 11 is 0. The topological polar surface area (TPSA) is 143 Å². The van der Waals surface area contributed by atoms with Crippen LogP contribution in [0.5, 0.6) is 11.5 Å². The number of anilines is 4. The summed E-state index contributed by atoms with van der Waals surface area (Å²) in [5.41, 5.74) is 6.88. The molecule has 0 spiro atoms. The van der Waals surface area contributed by atoms with E-state index in [2.05, 4.69) is 31.7 Å². The Labute approximate surface area is 237 Å². The molecule has 0 radical (unpaired) electrons. The van der Waals surface area contributed by atoms with Crippen molar-refractivity contribution in [1.29, 1.82) is 5.41 Å². The summed E-state index contributed by atoms with van der Waals surface area (Å²) in [6.45, 7) is 8.66. The highest BCUT2D eigenvalue weighted by Crippen LogP contribution is 2.32. The number of ether oxygens (including phenoxy) is 2. The van der Waals surface area contributed by atoms with Gasteiger partial charge in [0.2, 0.25) is 5.91 Å². The Morgan fingerprint density at radius 2 is 1.98 bits per heavy atom. The summed E-state index contributed by atoms with van der Waals surface area (Å²) in [5, 5.41) is 11.8. The highest BCUT2D eigenvalue weighted by Gasteiger charge is 2.28. The number of nitrogens with two attached hydrogens (primary N) is 1. The van der Waals surface area contributed by atoms with Crippen molar-refractivity contribution in [2.45, 2.75) is 25.9 Å². The van der Waals surface area contributed by atoms with Crippen molar-refractivity contribution >= 4 is 34.8 Å². The number of hydrogen-bond acceptors (Lipinski definition) is 10. The number of carbonyl (C=O) groups is 1. The number of piperidine rings is 1. The molecule has 41 heavy (non-hydrogen) atoms. The lowest BCUT2D eigenvalue weighted by molar-refractivity contribution is -0.127. The molecule has 4 N–H and O–H groups in total. The van der Waals surface area contributed by atoms with Crippen molar-refractivity contribution < 1.29 is 18.7 Å². The van der Waals surface area contributed by atoms with E-state index in [4.69, 9.17) is 20.6 Å². The minimum Gasteiger partial charge on any atom is -0.457 e. The lowest BCUT2D eigenvalue weighted by Crippen LogP contribution is -2.41. The second kappa shape index (κ2) is 12.3. The van der Waals surface area contributed by atoms with Gasteiger partial charge in [0.15, 0.2) is 0 Å². The first kappa shape index (κ1) is 28.0. The number of aromatic nitrogens is 3. The van der Waals surface area contributed by atoms with Crippen molar-refractivity contribution in [1.82, 2.24) is 19.9 Å². The maximum absolute atomic E-state index is 15.2. The molecule has 1 atom stereocenters. The third-order valence-electron chi connectivity index (χ3n) is 7.25. The zero-order chi connectivity index (χ0) is 28.9. The summed E-state index contributed by atoms with van der Waals surface area (Å²) in [6, 6.07) is 8.01. The zero-order valence-electron chi connectivity index (χ0n) is 22.8. The van der Waals surface area contributed by atoms with Crippen LogP contribution < -0.4 is 20.7 Å². The fourth-order valence-corrected chi connectivity index (χ4v) is 5.07. The van der Waals surface area contributed by atoms with E-state index in [1.54, 1.807) is 29.3 Å². The fraction of sp³-hybridized carbons (Fsp3) is 0.345. The van der Waals surface area contributed by atoms with Gasteiger partial charge in [-0.25, -0.2) is 19.3 Å². The van der Waals surface area contributed by atoms with Crippen molar-refractivity contribution in [3.05, 3.63) is 66.9 Å². The Morgan fingerprint density at radius 1 is 1.20 bits per heavy atom. The number of amides is 1. The summed E-state index contributed by atoms with van der Waals surface area (Å²) in [4.78, 5) is 28.5. The Bertz CT molecular complexity index is 1440. The first-order valence-corrected chi connectivity index (χ1v) is 13.5. The van der Waals surface area contributed by atoms with Gasteiger partial charge in [0.1, 0.15) is 41.1 Å². The number of halogens is 1. The van der Waals surface area contributed by atoms with E-state index in [1.165, 1.54) is 18.5 Å². The van der Waals surface area contributed by atoms with Gasteiger partial charge in [0.05, 0.1) is 24.0 Å². The van der Waals surface area contributed by atoms with E-state index < -0.39 is 5.82 Å². The normalized spacial score (nSPS) is 17.7. The van der Waals surface area contributed by atoms with E-state index in [0.717, 1.165) is 18.9 Å². The lowest BCUT2D eigenvalue weighted by Gasteiger charge is -2.32. The van der Waals surface area contributed by atoms with Gasteiger partial charge in [0.25, 0.3) is 0 Å². The zero-order valence-corrected chi connectivity index (χ0v) is 22.8. The molecule has 4 heterocycles. The van der Waals surface area contributed by atoms with Gasteiger partial charge >= 0.3 is 0 Å². The molecule has 2 aromatic heterocycles. The Kier molecular flexibility index (Phi) is 8.39. The molecule has 1 amide bonds. The Morgan fingerprint density at radius 3 is 2.71 bits per heavy atom. The van der Waals surface area contributed by atoms with Gasteiger partial charge in [-0.3, -0.25) is 4.79 Å². The van der Waals surface area contributed by atoms with Crippen LogP contribution >= 0.6 is 0 Å². The van der Waals surface area contributed by atoms with Crippen LogP contribution in [0.1, 0.15) is 25.3 Å². The minimum absolute atomic E-state index is 0.111. The van der Waals surface area contributed by atoms with Crippen LogP contribution in [0, 0.1) is 17.1 Å². The van der Waals surface area contributed by atoms with Crippen LogP contribution in [0.2, 0.25) is 0 Å². The first-order chi connectivity index (χ1) is 19.8. The summed E-state index contributed by atoms with van der Waals surface area (Å²) < 4.78 is 26.8. The highest BCUT2D eigenvalue weighted by molar-refractivity contribution is 6.07. The van der Waals surface area contributed by atoms with Crippen LogP contribution in [-0.2, 0) is 9.53 Å². The molecule has 2 fully saturated rings. The molecule has 2 saturated heterocycles. The van der Waals surface area contributed by atoms with Gasteiger partial charge in [-0.05, 0) is 44.0 Å². The van der Waals surface area contributed by atoms with Crippen LogP contribution in [0.25, 0.3) is 0 Å². The lowest BCUT2D eigenvalue weighted by atomic mass is 9.88. The van der Waals surface area contributed by atoms with Crippen molar-refractivity contribution in [2.24, 2.45) is 5.92 Å². The molecular formula is C29H33FN8O3. The number of nitrogens with one attached hydrogen (secondary N) is 2. The molecule has 0 bridgehead atoms. The first-order valence-electron chi connectivity index (χ1n) is 13.5. The monoisotopic (exact) mass is 560 g/mol. The maximum atomic E-state index is 15.2. The summed E-state index contributed by atoms with van der Waals surface area (Å²) in [6.07, 6.45) is 5.52. The Balaban J connectivity index is 1.29. The van der Waals surface area contributed by atoms with E-state index in [9.17, 15) is 4.79 Å². The molecule has 1 aromatic carbocycles. The summed E-state index contributed by atoms with van der Waals surface area (Å²) in [5.74, 6) is 1.14. The average molecular weight is 561 g/mol. The van der Waals surface area contributed by atoms with E-state index in [0.29, 0.717) is 49.6 Å². The largest absolute Gasteiger partial charge is 0.457 e. The van der Waals surface area contributed by atoms with Gasteiger partial charge in [0, 0.05) is 56.1 Å². The minimum atomic E-state index is -0.565. The van der Waals surface area contributed by atoms with E-state index in [1.807, 2.05) is 13.0 Å². The third-order valence-corrected chi connectivity index (χ3v) is 7.25. The highest BCUT2D eigenvalue weighted by atomic mass is 19.1. The van der Waals surface area contributed by atoms with Gasteiger partial charge in [-0.15, -0.1) is 0 Å². The third kappa shape index (κ3) is 6.43. The molecule has 5 rings (SSSR count). The smallest absolute Gasteiger partial charge is 0.245 e. The fourth-order valence-electron chi connectivity index (χ4n) is 5.07. The van der Waals surface area contributed by atoms with Crippen molar-refractivity contribution in [3.8, 4) is 11.5 Å². The second-order valence-corrected chi connectivity index (χ2v) is 10.0. The molecule has 3 aromatic rings. The number of pyridine rings is 1. The molecule has 12 heteroatoms. The number of hydrogen-bond donors (Lipinski definition) is 3. The van der Waals surface area contributed by atoms with E-state index in [-0.39, 0.29) is 41.0 Å². The number of carbonyl (C=O) groups excluding carboxylic acids is 1. The number of benzene rings is 1. The second-order valence-electron chi connectivity index (χ2n) is 10.0. The predicted octanol–water partition coefficient (Wildman–Crippen LogP) is 4.15. The molecule has 1 unspecified atom stereocenters. The number of nitrogens with zero attached hydrogens (tertiary/aromatic N) is 5. The van der Waals surface area contributed by atoms with Gasteiger partial charge < -0.3 is 35.7 Å². The molecule has 0 saturated carbocycles. The van der Waals surface area contributed by atoms with E-state index >= 15 is 4.39 Å². The molecule has 214 valence electrons. The SMILES string of the molecule is C=CC(=O)N1CCC(C(=N)c2c(N)ncnc2Nc2ccc(Oc3ccnc(N4CCOC(C)C4)c3)cc2F)CC1. The average Bonchev–Trinajstić information content (AvgIpc) is 2.98. The molecule has 2 aliphatic rings. The maximum Gasteiger partial charge on any atom is 0.245 e. The molecule has 11 nitrogen and oxygen atoms in total. The van der Waals surface area contributed by atoms with Crippen molar-refractivity contribution in [2.75, 3.05) is 48.7 Å². The number of nitrogen functional groups attached to an aromatic ring is 1. The van der Waals surface area contributed by atoms with Crippen LogP contribution in [0.15, 0.2) is 55.5 Å². The molecule has 2 aliphatic heterocycles. The Hall–Kier alpha value is -4.58. The van der Waals surface area contributed by atoms with Gasteiger partial charge in [-0.2, -0.15) is 0 Å². The number of rotatable bonds is 8. The summed E-state index contributed by atoms with van der Waals surface area (Å²) in [7, 11) is 0. The van der Waals surface area contributed by atoms with Crippen LogP contribution in [0.3, 0.4) is 0 Å². The number of likely N-dealkylation sites (tertiary alicyclic amines) is 1. The predicted molar refractivity (Wildman–Crippen MR) is 154 cm³/mol. The van der Waals surface area contributed by atoms with Crippen molar-refractivity contribution in [3.63, 3.8) is 0 Å². The number of morpholine rings is 1.